The Morgan fingerprint density at radius 3 is 2.78 bits per heavy atom. The van der Waals surface area contributed by atoms with Crippen LogP contribution in [0.25, 0.3) is 0 Å². The van der Waals surface area contributed by atoms with Crippen molar-refractivity contribution in [1.82, 2.24) is 4.98 Å². The Labute approximate surface area is 137 Å². The Bertz CT molecular complexity index is 695. The van der Waals surface area contributed by atoms with E-state index in [1.807, 2.05) is 6.07 Å². The second-order valence-electron chi connectivity index (χ2n) is 5.18. The van der Waals surface area contributed by atoms with Crippen LogP contribution < -0.4 is 4.90 Å². The van der Waals surface area contributed by atoms with Gasteiger partial charge in [0, 0.05) is 12.3 Å². The van der Waals surface area contributed by atoms with Gasteiger partial charge in [-0.2, -0.15) is 0 Å². The Morgan fingerprint density at radius 1 is 1.35 bits per heavy atom. The van der Waals surface area contributed by atoms with Crippen molar-refractivity contribution in [3.8, 4) is 0 Å². The van der Waals surface area contributed by atoms with Crippen molar-refractivity contribution in [2.24, 2.45) is 0 Å². The third-order valence-corrected chi connectivity index (χ3v) is 4.62. The van der Waals surface area contributed by atoms with Gasteiger partial charge in [-0.3, -0.25) is 14.5 Å². The quantitative estimate of drug-likeness (QED) is 0.910. The zero-order valence-electron chi connectivity index (χ0n) is 12.3. The van der Waals surface area contributed by atoms with E-state index < -0.39 is 12.5 Å². The Hall–Kier alpha value is -2.25. The lowest BCUT2D eigenvalue weighted by molar-refractivity contribution is -0.135. The molecule has 0 spiro atoms. The highest BCUT2D eigenvalue weighted by atomic mass is 32.1. The number of hydrogen-bond donors (Lipinski definition) is 1. The van der Waals surface area contributed by atoms with Crippen molar-refractivity contribution in [2.75, 3.05) is 18.1 Å². The molecule has 1 atom stereocenters. The molecule has 0 radical (unpaired) electrons. The van der Waals surface area contributed by atoms with Gasteiger partial charge in [0.25, 0.3) is 5.91 Å². The number of carboxylic acid groups (broad SMARTS) is 1. The number of para-hydroxylation sites is 1. The number of carbonyl (C=O) groups excluding carboxylic acids is 1. The SMILES string of the molecule is O=C(O)CN(C(=O)c1cnc(C2CCCO2)s1)c1ccccc1. The van der Waals surface area contributed by atoms with Gasteiger partial charge in [-0.15, -0.1) is 11.3 Å². The standard InChI is InChI=1S/C16H16N2O4S/c19-14(20)10-18(11-5-2-1-3-6-11)16(21)13-9-17-15(23-13)12-7-4-8-22-12/h1-3,5-6,9,12H,4,7-8,10H2,(H,19,20). The van der Waals surface area contributed by atoms with Gasteiger partial charge in [0.1, 0.15) is 22.5 Å². The predicted octanol–water partition coefficient (Wildman–Crippen LogP) is 2.73. The average molecular weight is 332 g/mol. The molecule has 1 aromatic heterocycles. The molecule has 2 heterocycles. The minimum Gasteiger partial charge on any atom is -0.480 e. The molecule has 3 rings (SSSR count). The van der Waals surface area contributed by atoms with E-state index >= 15 is 0 Å². The Kier molecular flexibility index (Phi) is 4.68. The molecule has 0 bridgehead atoms. The maximum absolute atomic E-state index is 12.7. The van der Waals surface area contributed by atoms with E-state index in [9.17, 15) is 9.59 Å². The van der Waals surface area contributed by atoms with Crippen LogP contribution in [0.4, 0.5) is 5.69 Å². The van der Waals surface area contributed by atoms with Gasteiger partial charge in [-0.05, 0) is 25.0 Å². The third kappa shape index (κ3) is 3.57. The second-order valence-corrected chi connectivity index (χ2v) is 6.25. The van der Waals surface area contributed by atoms with Crippen LogP contribution in [-0.2, 0) is 9.53 Å². The highest BCUT2D eigenvalue weighted by molar-refractivity contribution is 7.13. The largest absolute Gasteiger partial charge is 0.480 e. The van der Waals surface area contributed by atoms with E-state index in [-0.39, 0.29) is 12.0 Å². The van der Waals surface area contributed by atoms with E-state index in [2.05, 4.69) is 4.98 Å². The molecular weight excluding hydrogens is 316 g/mol. The smallest absolute Gasteiger partial charge is 0.323 e. The van der Waals surface area contributed by atoms with Gasteiger partial charge in [-0.1, -0.05) is 18.2 Å². The molecule has 1 unspecified atom stereocenters. The molecule has 1 aromatic carbocycles. The van der Waals surface area contributed by atoms with Crippen LogP contribution in [0.2, 0.25) is 0 Å². The maximum atomic E-state index is 12.7. The first-order chi connectivity index (χ1) is 11.1. The molecule has 0 saturated carbocycles. The number of aliphatic carboxylic acids is 1. The lowest BCUT2D eigenvalue weighted by atomic mass is 10.2. The van der Waals surface area contributed by atoms with E-state index in [0.717, 1.165) is 17.8 Å². The summed E-state index contributed by atoms with van der Waals surface area (Å²) >= 11 is 1.27. The second kappa shape index (κ2) is 6.89. The number of thiazole rings is 1. The molecule has 7 heteroatoms. The van der Waals surface area contributed by atoms with Crippen molar-refractivity contribution in [2.45, 2.75) is 18.9 Å². The normalized spacial score (nSPS) is 17.1. The molecular formula is C16H16N2O4S. The lowest BCUT2D eigenvalue weighted by Gasteiger charge is -2.19. The molecule has 1 amide bonds. The number of rotatable bonds is 5. The Balaban J connectivity index is 1.84. The van der Waals surface area contributed by atoms with E-state index in [1.165, 1.54) is 22.4 Å². The van der Waals surface area contributed by atoms with Crippen LogP contribution in [0.15, 0.2) is 36.5 Å². The third-order valence-electron chi connectivity index (χ3n) is 3.55. The number of carbonyl (C=O) groups is 2. The summed E-state index contributed by atoms with van der Waals surface area (Å²) in [6, 6.07) is 8.77. The summed E-state index contributed by atoms with van der Waals surface area (Å²) in [6.45, 7) is 0.318. The molecule has 23 heavy (non-hydrogen) atoms. The van der Waals surface area contributed by atoms with Crippen LogP contribution in [0, 0.1) is 0 Å². The van der Waals surface area contributed by atoms with Gasteiger partial charge in [0.2, 0.25) is 0 Å². The molecule has 2 aromatic rings. The van der Waals surface area contributed by atoms with Crippen molar-refractivity contribution < 1.29 is 19.4 Å². The molecule has 1 N–H and O–H groups in total. The zero-order chi connectivity index (χ0) is 16.2. The van der Waals surface area contributed by atoms with E-state index in [4.69, 9.17) is 9.84 Å². The number of benzene rings is 1. The number of anilines is 1. The van der Waals surface area contributed by atoms with Gasteiger partial charge in [-0.25, -0.2) is 4.98 Å². The minimum absolute atomic E-state index is 0.0498. The van der Waals surface area contributed by atoms with Crippen LogP contribution >= 0.6 is 11.3 Å². The summed E-state index contributed by atoms with van der Waals surface area (Å²) in [5.41, 5.74) is 0.548. The number of ether oxygens (including phenoxy) is 1. The monoisotopic (exact) mass is 332 g/mol. The number of hydrogen-bond acceptors (Lipinski definition) is 5. The lowest BCUT2D eigenvalue weighted by Crippen LogP contribution is -2.35. The zero-order valence-corrected chi connectivity index (χ0v) is 13.2. The number of amides is 1. The van der Waals surface area contributed by atoms with Gasteiger partial charge < -0.3 is 9.84 Å². The van der Waals surface area contributed by atoms with Crippen LogP contribution in [0.5, 0.6) is 0 Å². The van der Waals surface area contributed by atoms with Crippen molar-refractivity contribution in [1.29, 1.82) is 0 Å². The van der Waals surface area contributed by atoms with Crippen LogP contribution in [0.3, 0.4) is 0 Å². The fraction of sp³-hybridized carbons (Fsp3) is 0.312. The Morgan fingerprint density at radius 2 is 2.13 bits per heavy atom. The molecule has 1 aliphatic heterocycles. The predicted molar refractivity (Wildman–Crippen MR) is 85.8 cm³/mol. The van der Waals surface area contributed by atoms with Crippen LogP contribution in [-0.4, -0.2) is 35.1 Å². The number of aromatic nitrogens is 1. The molecule has 120 valence electrons. The fourth-order valence-corrected chi connectivity index (χ4v) is 3.42. The van der Waals surface area contributed by atoms with Gasteiger partial charge >= 0.3 is 5.97 Å². The number of carboxylic acids is 1. The highest BCUT2D eigenvalue weighted by Crippen LogP contribution is 2.32. The van der Waals surface area contributed by atoms with Gasteiger partial charge in [0.15, 0.2) is 0 Å². The van der Waals surface area contributed by atoms with Crippen molar-refractivity contribution in [3.63, 3.8) is 0 Å². The summed E-state index contributed by atoms with van der Waals surface area (Å²) in [5, 5.41) is 9.87. The summed E-state index contributed by atoms with van der Waals surface area (Å²) in [5.74, 6) is -1.42. The average Bonchev–Trinajstić information content (AvgIpc) is 3.23. The summed E-state index contributed by atoms with van der Waals surface area (Å²) in [4.78, 5) is 29.7. The van der Waals surface area contributed by atoms with E-state index in [0.29, 0.717) is 17.2 Å². The first-order valence-corrected chi connectivity index (χ1v) is 8.13. The number of nitrogens with zero attached hydrogens (tertiary/aromatic N) is 2. The summed E-state index contributed by atoms with van der Waals surface area (Å²) in [7, 11) is 0. The minimum atomic E-state index is -1.06. The van der Waals surface area contributed by atoms with Crippen molar-refractivity contribution >= 4 is 28.9 Å². The summed E-state index contributed by atoms with van der Waals surface area (Å²) in [6.07, 6.45) is 3.34. The molecule has 1 fully saturated rings. The molecule has 0 aliphatic carbocycles. The summed E-state index contributed by atoms with van der Waals surface area (Å²) < 4.78 is 5.57. The van der Waals surface area contributed by atoms with E-state index in [1.54, 1.807) is 24.3 Å². The van der Waals surface area contributed by atoms with Crippen LogP contribution in [0.1, 0.15) is 33.6 Å². The maximum Gasteiger partial charge on any atom is 0.323 e. The highest BCUT2D eigenvalue weighted by Gasteiger charge is 2.26. The fourth-order valence-electron chi connectivity index (χ4n) is 2.46. The molecule has 1 saturated heterocycles. The van der Waals surface area contributed by atoms with Gasteiger partial charge in [0.05, 0.1) is 6.20 Å². The topological polar surface area (TPSA) is 79.7 Å². The molecule has 1 aliphatic rings. The first-order valence-electron chi connectivity index (χ1n) is 7.31. The molecule has 6 nitrogen and oxygen atoms in total. The van der Waals surface area contributed by atoms with Crippen molar-refractivity contribution in [3.05, 3.63) is 46.4 Å². The first kappa shape index (κ1) is 15.6.